The minimum absolute atomic E-state index is 0.0166. The highest BCUT2D eigenvalue weighted by Gasteiger charge is 2.13. The lowest BCUT2D eigenvalue weighted by Gasteiger charge is -2.14. The molecule has 2 N–H and O–H groups in total. The van der Waals surface area contributed by atoms with Gasteiger partial charge in [0.05, 0.1) is 11.9 Å². The molecule has 1 aromatic heterocycles. The molecule has 1 atom stereocenters. The van der Waals surface area contributed by atoms with Crippen LogP contribution in [0.5, 0.6) is 0 Å². The van der Waals surface area contributed by atoms with E-state index in [1.807, 2.05) is 24.7 Å². The Bertz CT molecular complexity index is 359. The van der Waals surface area contributed by atoms with E-state index in [0.29, 0.717) is 12.5 Å². The molecule has 1 rings (SSSR count). The molecule has 0 aromatic carbocycles. The predicted molar refractivity (Wildman–Crippen MR) is 68.8 cm³/mol. The predicted octanol–water partition coefficient (Wildman–Crippen LogP) is 1.48. The zero-order chi connectivity index (χ0) is 12.8. The molecule has 17 heavy (non-hydrogen) atoms. The number of hydrogen-bond acceptors (Lipinski definition) is 3. The number of rotatable bonds is 6. The van der Waals surface area contributed by atoms with E-state index in [2.05, 4.69) is 29.6 Å². The maximum absolute atomic E-state index is 11.7. The van der Waals surface area contributed by atoms with Gasteiger partial charge in [-0.25, -0.2) is 0 Å². The monoisotopic (exact) mass is 238 g/mol. The number of aromatic nitrogens is 2. The van der Waals surface area contributed by atoms with Gasteiger partial charge in [0.15, 0.2) is 0 Å². The van der Waals surface area contributed by atoms with Crippen LogP contribution in [0.15, 0.2) is 12.4 Å². The molecule has 1 heterocycles. The zero-order valence-corrected chi connectivity index (χ0v) is 11.0. The highest BCUT2D eigenvalue weighted by Crippen LogP contribution is 2.06. The Hall–Kier alpha value is -1.52. The standard InChI is InChI=1S/C12H22N4O/c1-5-16-8-11(7-14-16)15-10(4)12(17)13-6-9(2)3/h7-10,15H,5-6H2,1-4H3,(H,13,17)/t10-/m1/s1. The van der Waals surface area contributed by atoms with Crippen LogP contribution in [-0.2, 0) is 11.3 Å². The molecule has 96 valence electrons. The fraction of sp³-hybridized carbons (Fsp3) is 0.667. The average Bonchev–Trinajstić information content (AvgIpc) is 2.73. The summed E-state index contributed by atoms with van der Waals surface area (Å²) in [5, 5.41) is 10.2. The number of amides is 1. The van der Waals surface area contributed by atoms with Gasteiger partial charge in [-0.15, -0.1) is 0 Å². The number of carbonyl (C=O) groups is 1. The fourth-order valence-corrected chi connectivity index (χ4v) is 1.38. The molecule has 0 aliphatic heterocycles. The van der Waals surface area contributed by atoms with Crippen molar-refractivity contribution in [3.8, 4) is 0 Å². The SMILES string of the molecule is CCn1cc(N[C@H](C)C(=O)NCC(C)C)cn1. The number of aryl methyl sites for hydroxylation is 1. The van der Waals surface area contributed by atoms with Gasteiger partial charge in [-0.05, 0) is 19.8 Å². The first-order valence-corrected chi connectivity index (χ1v) is 6.09. The Morgan fingerprint density at radius 1 is 1.47 bits per heavy atom. The van der Waals surface area contributed by atoms with Crippen molar-refractivity contribution in [2.24, 2.45) is 5.92 Å². The summed E-state index contributed by atoms with van der Waals surface area (Å²) in [7, 11) is 0. The minimum Gasteiger partial charge on any atom is -0.371 e. The molecule has 1 amide bonds. The highest BCUT2D eigenvalue weighted by atomic mass is 16.2. The highest BCUT2D eigenvalue weighted by molar-refractivity contribution is 5.84. The average molecular weight is 238 g/mol. The molecule has 0 aliphatic carbocycles. The van der Waals surface area contributed by atoms with Gasteiger partial charge in [0.2, 0.25) is 5.91 Å². The van der Waals surface area contributed by atoms with Crippen molar-refractivity contribution in [3.63, 3.8) is 0 Å². The van der Waals surface area contributed by atoms with Crippen molar-refractivity contribution in [1.29, 1.82) is 0 Å². The van der Waals surface area contributed by atoms with Crippen LogP contribution < -0.4 is 10.6 Å². The molecule has 0 bridgehead atoms. The lowest BCUT2D eigenvalue weighted by atomic mass is 10.2. The summed E-state index contributed by atoms with van der Waals surface area (Å²) in [6.07, 6.45) is 3.63. The second kappa shape index (κ2) is 6.27. The van der Waals surface area contributed by atoms with E-state index in [1.54, 1.807) is 6.20 Å². The lowest BCUT2D eigenvalue weighted by molar-refractivity contribution is -0.121. The number of nitrogens with zero attached hydrogens (tertiary/aromatic N) is 2. The van der Waals surface area contributed by atoms with Crippen molar-refractivity contribution in [2.75, 3.05) is 11.9 Å². The summed E-state index contributed by atoms with van der Waals surface area (Å²) in [6.45, 7) is 9.55. The summed E-state index contributed by atoms with van der Waals surface area (Å²) in [6, 6.07) is -0.247. The van der Waals surface area contributed by atoms with E-state index in [1.165, 1.54) is 0 Å². The largest absolute Gasteiger partial charge is 0.371 e. The van der Waals surface area contributed by atoms with E-state index >= 15 is 0 Å². The second-order valence-corrected chi connectivity index (χ2v) is 4.59. The Morgan fingerprint density at radius 2 is 2.18 bits per heavy atom. The molecule has 5 heteroatoms. The number of nitrogens with one attached hydrogen (secondary N) is 2. The summed E-state index contributed by atoms with van der Waals surface area (Å²) in [5.74, 6) is 0.483. The molecule has 0 unspecified atom stereocenters. The van der Waals surface area contributed by atoms with Gasteiger partial charge in [0.1, 0.15) is 6.04 Å². The van der Waals surface area contributed by atoms with Gasteiger partial charge < -0.3 is 10.6 Å². The van der Waals surface area contributed by atoms with Crippen LogP contribution in [0.4, 0.5) is 5.69 Å². The fourth-order valence-electron chi connectivity index (χ4n) is 1.38. The van der Waals surface area contributed by atoms with E-state index in [9.17, 15) is 4.79 Å². The van der Waals surface area contributed by atoms with Crippen molar-refractivity contribution in [2.45, 2.75) is 40.3 Å². The van der Waals surface area contributed by atoms with E-state index in [4.69, 9.17) is 0 Å². The molecule has 0 saturated heterocycles. The third-order valence-corrected chi connectivity index (χ3v) is 2.42. The van der Waals surface area contributed by atoms with Crippen LogP contribution in [0.1, 0.15) is 27.7 Å². The summed E-state index contributed by atoms with van der Waals surface area (Å²) >= 11 is 0. The maximum Gasteiger partial charge on any atom is 0.242 e. The molecule has 0 fully saturated rings. The van der Waals surface area contributed by atoms with Gasteiger partial charge in [-0.2, -0.15) is 5.10 Å². The Labute approximate surface area is 103 Å². The van der Waals surface area contributed by atoms with Crippen molar-refractivity contribution in [1.82, 2.24) is 15.1 Å². The summed E-state index contributed by atoms with van der Waals surface area (Å²) < 4.78 is 1.82. The molecule has 0 aliphatic rings. The molecule has 0 saturated carbocycles. The second-order valence-electron chi connectivity index (χ2n) is 4.59. The van der Waals surface area contributed by atoms with Gasteiger partial charge in [0.25, 0.3) is 0 Å². The minimum atomic E-state index is -0.247. The lowest BCUT2D eigenvalue weighted by Crippen LogP contribution is -2.39. The Morgan fingerprint density at radius 3 is 2.71 bits per heavy atom. The van der Waals surface area contributed by atoms with Crippen molar-refractivity contribution in [3.05, 3.63) is 12.4 Å². The van der Waals surface area contributed by atoms with Gasteiger partial charge >= 0.3 is 0 Å². The molecule has 0 spiro atoms. The third kappa shape index (κ3) is 4.46. The van der Waals surface area contributed by atoms with E-state index < -0.39 is 0 Å². The van der Waals surface area contributed by atoms with Gasteiger partial charge in [-0.1, -0.05) is 13.8 Å². The normalized spacial score (nSPS) is 12.5. The topological polar surface area (TPSA) is 59.0 Å². The maximum atomic E-state index is 11.7. The van der Waals surface area contributed by atoms with E-state index in [-0.39, 0.29) is 11.9 Å². The number of carbonyl (C=O) groups excluding carboxylic acids is 1. The quantitative estimate of drug-likeness (QED) is 0.789. The first kappa shape index (κ1) is 13.5. The van der Waals surface area contributed by atoms with Crippen LogP contribution >= 0.6 is 0 Å². The van der Waals surface area contributed by atoms with Crippen LogP contribution in [0.3, 0.4) is 0 Å². The molecule has 1 aromatic rings. The molecule has 0 radical (unpaired) electrons. The van der Waals surface area contributed by atoms with Gasteiger partial charge in [-0.3, -0.25) is 9.48 Å². The number of anilines is 1. The van der Waals surface area contributed by atoms with Gasteiger partial charge in [0, 0.05) is 19.3 Å². The van der Waals surface area contributed by atoms with Crippen LogP contribution in [-0.4, -0.2) is 28.3 Å². The smallest absolute Gasteiger partial charge is 0.242 e. The molecule has 5 nitrogen and oxygen atoms in total. The number of hydrogen-bond donors (Lipinski definition) is 2. The molecular weight excluding hydrogens is 216 g/mol. The third-order valence-electron chi connectivity index (χ3n) is 2.42. The van der Waals surface area contributed by atoms with Crippen LogP contribution in [0.25, 0.3) is 0 Å². The Balaban J connectivity index is 2.42. The summed E-state index contributed by atoms with van der Waals surface area (Å²) in [5.41, 5.74) is 0.874. The first-order chi connectivity index (χ1) is 8.02. The zero-order valence-electron chi connectivity index (χ0n) is 11.0. The van der Waals surface area contributed by atoms with Crippen LogP contribution in [0.2, 0.25) is 0 Å². The Kier molecular flexibility index (Phi) is 5.00. The summed E-state index contributed by atoms with van der Waals surface area (Å²) in [4.78, 5) is 11.7. The van der Waals surface area contributed by atoms with E-state index in [0.717, 1.165) is 12.2 Å². The first-order valence-electron chi connectivity index (χ1n) is 6.09. The van der Waals surface area contributed by atoms with Crippen LogP contribution in [0, 0.1) is 5.92 Å². The van der Waals surface area contributed by atoms with Crippen molar-refractivity contribution >= 4 is 11.6 Å². The molecular formula is C12H22N4O. The van der Waals surface area contributed by atoms with Crippen molar-refractivity contribution < 1.29 is 4.79 Å².